The second kappa shape index (κ2) is 8.45. The molecule has 0 radical (unpaired) electrons. The summed E-state index contributed by atoms with van der Waals surface area (Å²) in [4.78, 5) is 39.9. The zero-order valence-electron chi connectivity index (χ0n) is 16.2. The van der Waals surface area contributed by atoms with Crippen molar-refractivity contribution in [1.29, 1.82) is 0 Å². The minimum atomic E-state index is -3.85. The fourth-order valence-corrected chi connectivity index (χ4v) is 6.06. The number of fused-ring (bicyclic) bond motifs is 1. The van der Waals surface area contributed by atoms with Gasteiger partial charge < -0.3 is 4.98 Å². The number of sulfone groups is 1. The summed E-state index contributed by atoms with van der Waals surface area (Å²) in [5.74, 6) is -2.29. The Bertz CT molecular complexity index is 1590. The van der Waals surface area contributed by atoms with Gasteiger partial charge in [0.15, 0.2) is 15.6 Å². The van der Waals surface area contributed by atoms with E-state index < -0.39 is 38.4 Å². The topological polar surface area (TPSA) is 106 Å². The van der Waals surface area contributed by atoms with Gasteiger partial charge in [-0.3, -0.25) is 9.59 Å². The molecule has 32 heavy (non-hydrogen) atoms. The zero-order valence-corrected chi connectivity index (χ0v) is 18.6. The molecule has 11 heteroatoms. The summed E-state index contributed by atoms with van der Waals surface area (Å²) in [7, 11) is -3.85. The Morgan fingerprint density at radius 2 is 1.84 bits per heavy atom. The summed E-state index contributed by atoms with van der Waals surface area (Å²) in [6.07, 6.45) is -0.335. The quantitative estimate of drug-likeness (QED) is 0.445. The van der Waals surface area contributed by atoms with Crippen molar-refractivity contribution in [3.63, 3.8) is 0 Å². The number of ketones is 1. The lowest BCUT2D eigenvalue weighted by Gasteiger charge is -2.09. The van der Waals surface area contributed by atoms with Crippen molar-refractivity contribution < 1.29 is 17.6 Å². The maximum absolute atomic E-state index is 14.8. The number of H-pyrrole nitrogens is 1. The summed E-state index contributed by atoms with van der Waals surface area (Å²) in [6, 6.07) is 12.7. The summed E-state index contributed by atoms with van der Waals surface area (Å²) in [6.45, 7) is 0. The average molecular weight is 493 g/mol. The van der Waals surface area contributed by atoms with Crippen LogP contribution in [0.25, 0.3) is 16.6 Å². The van der Waals surface area contributed by atoms with Gasteiger partial charge in [0, 0.05) is 6.42 Å². The van der Waals surface area contributed by atoms with Crippen LogP contribution in [0.1, 0.15) is 5.56 Å². The highest BCUT2D eigenvalue weighted by atomic mass is 35.5. The average Bonchev–Trinajstić information content (AvgIpc) is 3.16. The molecule has 2 heterocycles. The Balaban J connectivity index is 1.61. The first kappa shape index (κ1) is 22.1. The van der Waals surface area contributed by atoms with E-state index in [0.717, 1.165) is 17.4 Å². The van der Waals surface area contributed by atoms with E-state index in [2.05, 4.69) is 4.98 Å². The van der Waals surface area contributed by atoms with Crippen LogP contribution in [-0.4, -0.2) is 29.5 Å². The lowest BCUT2D eigenvalue weighted by atomic mass is 10.1. The highest BCUT2D eigenvalue weighted by Gasteiger charge is 2.22. The summed E-state index contributed by atoms with van der Waals surface area (Å²) in [5, 5.41) is 0.213. The van der Waals surface area contributed by atoms with Crippen LogP contribution in [0.2, 0.25) is 4.34 Å². The second-order valence-corrected chi connectivity index (χ2v) is 10.9. The van der Waals surface area contributed by atoms with Gasteiger partial charge >= 0.3 is 5.69 Å². The maximum Gasteiger partial charge on any atom is 0.333 e. The zero-order chi connectivity index (χ0) is 23.0. The number of Topliss-reactive ketones (excluding diaryl/α,β-unsaturated/α-hetero) is 1. The van der Waals surface area contributed by atoms with Crippen molar-refractivity contribution in [2.75, 3.05) is 5.75 Å². The lowest BCUT2D eigenvalue weighted by Crippen LogP contribution is -2.34. The molecule has 0 bridgehead atoms. The number of para-hydroxylation sites is 1. The maximum atomic E-state index is 14.8. The molecule has 0 aliphatic heterocycles. The number of hydrogen-bond acceptors (Lipinski definition) is 6. The summed E-state index contributed by atoms with van der Waals surface area (Å²) >= 11 is 6.60. The van der Waals surface area contributed by atoms with Crippen molar-refractivity contribution in [2.45, 2.75) is 10.6 Å². The predicted molar refractivity (Wildman–Crippen MR) is 120 cm³/mol. The minimum Gasteiger partial charge on any atom is -0.306 e. The van der Waals surface area contributed by atoms with Crippen molar-refractivity contribution in [2.24, 2.45) is 0 Å². The first-order chi connectivity index (χ1) is 15.2. The van der Waals surface area contributed by atoms with Crippen LogP contribution in [0, 0.1) is 5.82 Å². The molecule has 4 rings (SSSR count). The van der Waals surface area contributed by atoms with Crippen LogP contribution in [0.3, 0.4) is 0 Å². The number of nitrogens with one attached hydrogen (secondary N) is 1. The summed E-state index contributed by atoms with van der Waals surface area (Å²) in [5.41, 5.74) is -1.24. The van der Waals surface area contributed by atoms with E-state index in [9.17, 15) is 27.2 Å². The number of benzene rings is 2. The molecule has 1 N–H and O–H groups in total. The molecule has 0 aliphatic carbocycles. The van der Waals surface area contributed by atoms with E-state index in [1.54, 1.807) is 18.2 Å². The van der Waals surface area contributed by atoms with Gasteiger partial charge in [0.2, 0.25) is 0 Å². The third-order valence-corrected chi connectivity index (χ3v) is 8.15. The highest BCUT2D eigenvalue weighted by Crippen LogP contribution is 2.26. The monoisotopic (exact) mass is 492 g/mol. The van der Waals surface area contributed by atoms with Gasteiger partial charge in [-0.25, -0.2) is 22.2 Å². The first-order valence-corrected chi connectivity index (χ1v) is 12.0. The van der Waals surface area contributed by atoms with E-state index >= 15 is 0 Å². The van der Waals surface area contributed by atoms with E-state index in [0.29, 0.717) is 10.1 Å². The molecule has 4 aromatic rings. The number of carbonyl (C=O) groups is 1. The molecule has 164 valence electrons. The fourth-order valence-electron chi connectivity index (χ4n) is 3.25. The lowest BCUT2D eigenvalue weighted by molar-refractivity contribution is -0.116. The van der Waals surface area contributed by atoms with Crippen LogP contribution < -0.4 is 11.2 Å². The molecular weight excluding hydrogens is 479 g/mol. The van der Waals surface area contributed by atoms with Crippen LogP contribution in [0.15, 0.2) is 68.4 Å². The minimum absolute atomic E-state index is 0.0210. The molecule has 0 spiro atoms. The van der Waals surface area contributed by atoms with Crippen LogP contribution in [0.5, 0.6) is 0 Å². The molecule has 0 atom stereocenters. The number of aromatic nitrogens is 2. The number of carbonyl (C=O) groups excluding carboxylic acids is 1. The number of thiophene rings is 1. The van der Waals surface area contributed by atoms with Crippen LogP contribution in [-0.2, 0) is 21.1 Å². The largest absolute Gasteiger partial charge is 0.333 e. The molecule has 0 unspecified atom stereocenters. The van der Waals surface area contributed by atoms with Gasteiger partial charge in [0.25, 0.3) is 5.56 Å². The number of nitrogens with zero attached hydrogens (tertiary/aromatic N) is 1. The van der Waals surface area contributed by atoms with Crippen molar-refractivity contribution in [3.05, 3.63) is 91.2 Å². The number of hydrogen-bond donors (Lipinski definition) is 1. The van der Waals surface area contributed by atoms with Gasteiger partial charge in [-0.1, -0.05) is 29.8 Å². The van der Waals surface area contributed by atoms with Crippen molar-refractivity contribution in [3.8, 4) is 5.69 Å². The molecule has 0 amide bonds. The van der Waals surface area contributed by atoms with Gasteiger partial charge in [-0.15, -0.1) is 11.3 Å². The smallest absolute Gasteiger partial charge is 0.306 e. The SMILES string of the molecule is O=C(Cc1ccc(-n2c(=O)[nH]c3ccccc3c2=O)c(F)c1)CS(=O)(=O)c1ccc(Cl)s1. The Labute approximate surface area is 189 Å². The normalized spacial score (nSPS) is 11.7. The number of rotatable bonds is 6. The molecule has 0 saturated heterocycles. The molecule has 0 fully saturated rings. The van der Waals surface area contributed by atoms with E-state index in [1.165, 1.54) is 30.3 Å². The molecular formula is C21H14ClFN2O5S2. The third-order valence-electron chi connectivity index (χ3n) is 4.67. The van der Waals surface area contributed by atoms with Crippen LogP contribution in [0.4, 0.5) is 4.39 Å². The van der Waals surface area contributed by atoms with E-state index in [4.69, 9.17) is 11.6 Å². The third kappa shape index (κ3) is 4.29. The molecule has 0 saturated carbocycles. The standard InChI is InChI=1S/C21H14ClFN2O5S2/c22-18-7-8-19(31-18)32(29,30)11-13(26)9-12-5-6-17(15(23)10-12)25-20(27)14-3-1-2-4-16(14)24-21(25)28/h1-8,10H,9,11H2,(H,24,28). The van der Waals surface area contributed by atoms with Crippen molar-refractivity contribution in [1.82, 2.24) is 9.55 Å². The fraction of sp³-hybridized carbons (Fsp3) is 0.0952. The highest BCUT2D eigenvalue weighted by molar-refractivity contribution is 7.94. The predicted octanol–water partition coefficient (Wildman–Crippen LogP) is 3.12. The van der Waals surface area contributed by atoms with Gasteiger partial charge in [-0.05, 0) is 42.0 Å². The second-order valence-electron chi connectivity index (χ2n) is 6.94. The van der Waals surface area contributed by atoms with E-state index in [1.807, 2.05) is 0 Å². The van der Waals surface area contributed by atoms with E-state index in [-0.39, 0.29) is 31.6 Å². The van der Waals surface area contributed by atoms with Gasteiger partial charge in [0.1, 0.15) is 15.8 Å². The Morgan fingerprint density at radius 1 is 1.09 bits per heavy atom. The molecule has 2 aromatic heterocycles. The van der Waals surface area contributed by atoms with Crippen molar-refractivity contribution >= 4 is 49.5 Å². The molecule has 2 aromatic carbocycles. The van der Waals surface area contributed by atoms with Gasteiger partial charge in [0.05, 0.1) is 20.9 Å². The number of aromatic amines is 1. The Hall–Kier alpha value is -3.08. The van der Waals surface area contributed by atoms with Crippen LogP contribution >= 0.6 is 22.9 Å². The molecule has 7 nitrogen and oxygen atoms in total. The Kier molecular flexibility index (Phi) is 5.85. The number of halogens is 2. The molecule has 0 aliphatic rings. The van der Waals surface area contributed by atoms with Gasteiger partial charge in [-0.2, -0.15) is 0 Å². The summed E-state index contributed by atoms with van der Waals surface area (Å²) < 4.78 is 40.4. The first-order valence-electron chi connectivity index (χ1n) is 9.18. The Morgan fingerprint density at radius 3 is 2.53 bits per heavy atom.